The molecule has 0 spiro atoms. The molecule has 0 N–H and O–H groups in total. The number of carbonyl (C=O) groups is 1. The Hall–Kier alpha value is -2.22. The number of benzene rings is 2. The molecule has 0 bridgehead atoms. The second kappa shape index (κ2) is 10.4. The molecule has 2 aliphatic heterocycles. The van der Waals surface area contributed by atoms with Crippen molar-refractivity contribution < 1.29 is 17.9 Å². The first-order valence-electron chi connectivity index (χ1n) is 12.0. The summed E-state index contributed by atoms with van der Waals surface area (Å²) >= 11 is 0. The van der Waals surface area contributed by atoms with Gasteiger partial charge in [-0.3, -0.25) is 4.79 Å². The first kappa shape index (κ1) is 23.9. The molecular weight excluding hydrogens is 436 g/mol. The lowest BCUT2D eigenvalue weighted by Gasteiger charge is -2.20. The van der Waals surface area contributed by atoms with Crippen LogP contribution in [0.15, 0.2) is 53.4 Å². The Morgan fingerprint density at radius 2 is 1.67 bits per heavy atom. The number of rotatable bonds is 8. The summed E-state index contributed by atoms with van der Waals surface area (Å²) in [5.41, 5.74) is 3.39. The van der Waals surface area contributed by atoms with Crippen molar-refractivity contribution in [3.8, 4) is 11.1 Å². The number of carbonyl (C=O) groups excluding carboxylic acids is 1. The predicted octanol–water partition coefficient (Wildman–Crippen LogP) is 4.10. The number of esters is 1. The minimum absolute atomic E-state index is 0.216. The van der Waals surface area contributed by atoms with E-state index in [1.54, 1.807) is 19.1 Å². The molecule has 0 aromatic heterocycles. The lowest BCUT2D eigenvalue weighted by Crippen LogP contribution is -2.30. The summed E-state index contributed by atoms with van der Waals surface area (Å²) in [6.07, 6.45) is 4.12. The van der Waals surface area contributed by atoms with Gasteiger partial charge in [0, 0.05) is 25.6 Å². The molecule has 33 heavy (non-hydrogen) atoms. The number of sulfonamides is 1. The molecule has 2 aromatic carbocycles. The summed E-state index contributed by atoms with van der Waals surface area (Å²) in [4.78, 5) is 14.3. The third-order valence-electron chi connectivity index (χ3n) is 6.85. The third kappa shape index (κ3) is 5.65. The van der Waals surface area contributed by atoms with E-state index in [2.05, 4.69) is 36.1 Å². The van der Waals surface area contributed by atoms with Crippen LogP contribution in [0.25, 0.3) is 11.1 Å². The Bertz CT molecular complexity index is 1050. The van der Waals surface area contributed by atoms with Crippen LogP contribution in [0, 0.1) is 0 Å². The van der Waals surface area contributed by atoms with Gasteiger partial charge in [-0.05, 0) is 68.0 Å². The number of ether oxygens (including phenoxy) is 1. The third-order valence-corrected chi connectivity index (χ3v) is 8.73. The summed E-state index contributed by atoms with van der Waals surface area (Å²) < 4.78 is 32.7. The molecule has 7 heteroatoms. The van der Waals surface area contributed by atoms with Gasteiger partial charge in [-0.2, -0.15) is 4.31 Å². The van der Waals surface area contributed by atoms with E-state index in [4.69, 9.17) is 4.74 Å². The van der Waals surface area contributed by atoms with Crippen LogP contribution in [0.2, 0.25) is 0 Å². The van der Waals surface area contributed by atoms with Gasteiger partial charge in [-0.15, -0.1) is 0 Å². The Kier molecular flexibility index (Phi) is 7.51. The summed E-state index contributed by atoms with van der Waals surface area (Å²) in [6, 6.07) is 16.3. The molecular formula is C26H34N2O4S. The van der Waals surface area contributed by atoms with Crippen LogP contribution in [0.1, 0.15) is 45.1 Å². The monoisotopic (exact) mass is 470 g/mol. The molecule has 0 unspecified atom stereocenters. The van der Waals surface area contributed by atoms with E-state index in [0.717, 1.165) is 24.1 Å². The van der Waals surface area contributed by atoms with Gasteiger partial charge < -0.3 is 9.64 Å². The molecule has 4 rings (SSSR count). The molecule has 2 fully saturated rings. The topological polar surface area (TPSA) is 66.9 Å². The zero-order valence-corrected chi connectivity index (χ0v) is 20.4. The molecule has 2 heterocycles. The number of hydrogen-bond donors (Lipinski definition) is 0. The maximum atomic E-state index is 13.0. The van der Waals surface area contributed by atoms with Gasteiger partial charge in [0.05, 0.1) is 11.4 Å². The quantitative estimate of drug-likeness (QED) is 0.544. The van der Waals surface area contributed by atoms with Gasteiger partial charge in [0.1, 0.15) is 6.10 Å². The van der Waals surface area contributed by atoms with Crippen LogP contribution < -0.4 is 0 Å². The molecule has 2 saturated heterocycles. The standard InChI is InChI=1S/C26H34N2O4S/c1-3-26(29)32-24-15-18-28(19-24)33(30,31)25-12-10-23(11-13-25)22-8-6-21(7-9-22)14-17-27-16-4-5-20(27)2/h6-13,20,24H,3-5,14-19H2,1-2H3/t20-,24-/m1/s1. The van der Waals surface area contributed by atoms with Crippen molar-refractivity contribution >= 4 is 16.0 Å². The first-order chi connectivity index (χ1) is 15.9. The first-order valence-corrected chi connectivity index (χ1v) is 13.4. The van der Waals surface area contributed by atoms with Gasteiger partial charge in [-0.25, -0.2) is 8.42 Å². The average molecular weight is 471 g/mol. The van der Waals surface area contributed by atoms with Crippen molar-refractivity contribution in [1.82, 2.24) is 9.21 Å². The zero-order chi connectivity index (χ0) is 23.4. The fourth-order valence-corrected chi connectivity index (χ4v) is 6.20. The molecule has 0 radical (unpaired) electrons. The highest BCUT2D eigenvalue weighted by atomic mass is 32.2. The smallest absolute Gasteiger partial charge is 0.305 e. The van der Waals surface area contributed by atoms with Crippen molar-refractivity contribution in [3.63, 3.8) is 0 Å². The van der Waals surface area contributed by atoms with Crippen LogP contribution in [-0.4, -0.2) is 61.9 Å². The molecule has 2 aromatic rings. The molecule has 0 aliphatic carbocycles. The van der Waals surface area contributed by atoms with Crippen LogP contribution in [0.3, 0.4) is 0 Å². The Morgan fingerprint density at radius 3 is 2.27 bits per heavy atom. The second-order valence-corrected chi connectivity index (χ2v) is 11.1. The lowest BCUT2D eigenvalue weighted by molar-refractivity contribution is -0.147. The maximum Gasteiger partial charge on any atom is 0.305 e. The predicted molar refractivity (Wildman–Crippen MR) is 129 cm³/mol. The Morgan fingerprint density at radius 1 is 1.00 bits per heavy atom. The zero-order valence-electron chi connectivity index (χ0n) is 19.6. The fraction of sp³-hybridized carbons (Fsp3) is 0.500. The van der Waals surface area contributed by atoms with Gasteiger partial charge in [0.2, 0.25) is 10.0 Å². The van der Waals surface area contributed by atoms with Crippen molar-refractivity contribution in [2.75, 3.05) is 26.2 Å². The van der Waals surface area contributed by atoms with E-state index >= 15 is 0 Å². The molecule has 6 nitrogen and oxygen atoms in total. The van der Waals surface area contributed by atoms with E-state index in [1.165, 1.54) is 29.3 Å². The SMILES string of the molecule is CCC(=O)O[C@@H]1CCN(S(=O)(=O)c2ccc(-c3ccc(CCN4CCC[C@H]4C)cc3)cc2)C1. The van der Waals surface area contributed by atoms with Crippen LogP contribution in [0.5, 0.6) is 0 Å². The summed E-state index contributed by atoms with van der Waals surface area (Å²) in [5, 5.41) is 0. The van der Waals surface area contributed by atoms with Crippen molar-refractivity contribution in [2.24, 2.45) is 0 Å². The highest BCUT2D eigenvalue weighted by molar-refractivity contribution is 7.89. The van der Waals surface area contributed by atoms with E-state index in [0.29, 0.717) is 25.4 Å². The molecule has 2 atom stereocenters. The normalized spacial score (nSPS) is 22.0. The molecule has 0 amide bonds. The van der Waals surface area contributed by atoms with Gasteiger partial charge in [0.25, 0.3) is 0 Å². The molecule has 0 saturated carbocycles. The van der Waals surface area contributed by atoms with Crippen molar-refractivity contribution in [1.29, 1.82) is 0 Å². The van der Waals surface area contributed by atoms with Crippen molar-refractivity contribution in [3.05, 3.63) is 54.1 Å². The average Bonchev–Trinajstić information content (AvgIpc) is 3.47. The minimum atomic E-state index is -3.60. The van der Waals surface area contributed by atoms with Crippen LogP contribution in [-0.2, 0) is 26.0 Å². The van der Waals surface area contributed by atoms with Gasteiger partial charge in [-0.1, -0.05) is 43.3 Å². The Balaban J connectivity index is 1.37. The van der Waals surface area contributed by atoms with E-state index in [-0.39, 0.29) is 23.5 Å². The second-order valence-electron chi connectivity index (χ2n) is 9.12. The molecule has 178 valence electrons. The van der Waals surface area contributed by atoms with Crippen molar-refractivity contribution in [2.45, 2.75) is 63.0 Å². The van der Waals surface area contributed by atoms with Gasteiger partial charge in [0.15, 0.2) is 0 Å². The largest absolute Gasteiger partial charge is 0.461 e. The highest BCUT2D eigenvalue weighted by Gasteiger charge is 2.34. The number of likely N-dealkylation sites (tertiary alicyclic amines) is 1. The Labute approximate surface area is 197 Å². The minimum Gasteiger partial charge on any atom is -0.461 e. The van der Waals surface area contributed by atoms with Crippen LogP contribution >= 0.6 is 0 Å². The summed E-state index contributed by atoms with van der Waals surface area (Å²) in [7, 11) is -3.60. The van der Waals surface area contributed by atoms with Gasteiger partial charge >= 0.3 is 5.97 Å². The lowest BCUT2D eigenvalue weighted by atomic mass is 10.0. The highest BCUT2D eigenvalue weighted by Crippen LogP contribution is 2.26. The summed E-state index contributed by atoms with van der Waals surface area (Å²) in [5.74, 6) is -0.291. The van der Waals surface area contributed by atoms with Crippen LogP contribution in [0.4, 0.5) is 0 Å². The van der Waals surface area contributed by atoms with E-state index < -0.39 is 10.0 Å². The van der Waals surface area contributed by atoms with E-state index in [1.807, 2.05) is 12.1 Å². The van der Waals surface area contributed by atoms with E-state index in [9.17, 15) is 13.2 Å². The number of nitrogens with zero attached hydrogens (tertiary/aromatic N) is 2. The fourth-order valence-electron chi connectivity index (χ4n) is 4.71. The number of hydrogen-bond acceptors (Lipinski definition) is 5. The maximum absolute atomic E-state index is 13.0. The summed E-state index contributed by atoms with van der Waals surface area (Å²) in [6.45, 7) is 6.93. The molecule has 2 aliphatic rings.